The number of benzene rings is 1. The summed E-state index contributed by atoms with van der Waals surface area (Å²) in [6.45, 7) is 5.82. The molecule has 0 saturated carbocycles. The van der Waals surface area contributed by atoms with Crippen LogP contribution in [-0.2, 0) is 23.8 Å². The topological polar surface area (TPSA) is 74.3 Å². The summed E-state index contributed by atoms with van der Waals surface area (Å²) >= 11 is 6.07. The van der Waals surface area contributed by atoms with Crippen molar-refractivity contribution in [3.63, 3.8) is 0 Å². The van der Waals surface area contributed by atoms with Crippen LogP contribution in [0.4, 0.5) is 0 Å². The van der Waals surface area contributed by atoms with E-state index in [0.29, 0.717) is 31.1 Å². The predicted octanol–water partition coefficient (Wildman–Crippen LogP) is 3.70. The molecule has 2 unspecified atom stereocenters. The Bertz CT molecular complexity index is 754. The third-order valence-corrected chi connectivity index (χ3v) is 6.24. The molecule has 2 aliphatic rings. The molecule has 0 N–H and O–H groups in total. The number of halogens is 1. The summed E-state index contributed by atoms with van der Waals surface area (Å²) in [7, 11) is 1.55. The van der Waals surface area contributed by atoms with Crippen LogP contribution in [0, 0.1) is 12.8 Å². The molecule has 2 aliphatic heterocycles. The molecule has 8 heteroatoms. The van der Waals surface area contributed by atoms with E-state index in [-0.39, 0.29) is 5.92 Å². The zero-order valence-electron chi connectivity index (χ0n) is 17.8. The average Bonchev–Trinajstić information content (AvgIpc) is 3.01. The van der Waals surface area contributed by atoms with Gasteiger partial charge in [-0.05, 0) is 55.9 Å². The summed E-state index contributed by atoms with van der Waals surface area (Å²) in [5.41, 5.74) is 0.952. The first-order valence-electron chi connectivity index (χ1n) is 10.5. The molecular formula is C22H30ClNO6. The van der Waals surface area contributed by atoms with Crippen molar-refractivity contribution in [3.05, 3.63) is 28.8 Å². The molecule has 0 radical (unpaired) electrons. The van der Waals surface area contributed by atoms with E-state index in [4.69, 9.17) is 30.5 Å². The third-order valence-electron chi connectivity index (χ3n) is 5.82. The van der Waals surface area contributed by atoms with Crippen molar-refractivity contribution < 1.29 is 28.5 Å². The second-order valence-corrected chi connectivity index (χ2v) is 8.26. The molecule has 0 aromatic heterocycles. The second kappa shape index (κ2) is 9.98. The van der Waals surface area contributed by atoms with E-state index in [1.165, 1.54) is 0 Å². The third kappa shape index (κ3) is 4.74. The summed E-state index contributed by atoms with van der Waals surface area (Å²) < 4.78 is 22.7. The first kappa shape index (κ1) is 22.8. The van der Waals surface area contributed by atoms with Crippen LogP contribution in [0.1, 0.15) is 44.6 Å². The van der Waals surface area contributed by atoms with Gasteiger partial charge in [0.05, 0.1) is 6.61 Å². The van der Waals surface area contributed by atoms with Gasteiger partial charge in [-0.2, -0.15) is 0 Å². The van der Waals surface area contributed by atoms with Gasteiger partial charge >= 0.3 is 17.8 Å². The lowest BCUT2D eigenvalue weighted by molar-refractivity contribution is -0.322. The molecule has 7 nitrogen and oxygen atoms in total. The highest BCUT2D eigenvalue weighted by molar-refractivity contribution is 6.31. The van der Waals surface area contributed by atoms with Crippen LogP contribution in [0.15, 0.2) is 18.2 Å². The summed E-state index contributed by atoms with van der Waals surface area (Å²) in [4.78, 5) is 25.8. The van der Waals surface area contributed by atoms with Crippen LogP contribution in [0.25, 0.3) is 0 Å². The van der Waals surface area contributed by atoms with Crippen molar-refractivity contribution in [2.24, 2.45) is 5.92 Å². The summed E-state index contributed by atoms with van der Waals surface area (Å²) in [5, 5.41) is 0.698. The number of hydrogen-bond donors (Lipinski definition) is 0. The Morgan fingerprint density at radius 1 is 1.23 bits per heavy atom. The number of methoxy groups -OCH3 is 1. The van der Waals surface area contributed by atoms with Gasteiger partial charge in [0.1, 0.15) is 5.75 Å². The van der Waals surface area contributed by atoms with Crippen molar-refractivity contribution in [3.8, 4) is 5.75 Å². The van der Waals surface area contributed by atoms with E-state index < -0.39 is 24.0 Å². The van der Waals surface area contributed by atoms with Gasteiger partial charge in [0.2, 0.25) is 0 Å². The monoisotopic (exact) mass is 439 g/mol. The molecule has 2 heterocycles. The normalized spacial score (nSPS) is 23.5. The quantitative estimate of drug-likeness (QED) is 0.330. The standard InChI is InChI=1S/C22H30ClNO6/c1-4-5-6-11-24-12-9-16(10-13-28-17-7-8-18(23)15(2)14-17)19(27-3)22(24)29-20(25)21(26)30-22/h7-8,14,16,19H,4-6,9-13H2,1-3H3. The molecule has 1 spiro atoms. The minimum Gasteiger partial charge on any atom is -0.494 e. The van der Waals surface area contributed by atoms with Crippen LogP contribution in [0.2, 0.25) is 5.02 Å². The molecule has 1 aromatic rings. The number of rotatable bonds is 9. The number of carbonyl (C=O) groups is 2. The van der Waals surface area contributed by atoms with E-state index >= 15 is 0 Å². The summed E-state index contributed by atoms with van der Waals surface area (Å²) in [6.07, 6.45) is 3.94. The Morgan fingerprint density at radius 2 is 1.97 bits per heavy atom. The van der Waals surface area contributed by atoms with Gasteiger partial charge < -0.3 is 18.9 Å². The molecule has 1 aromatic carbocycles. The maximum Gasteiger partial charge on any atom is 0.422 e. The highest BCUT2D eigenvalue weighted by atomic mass is 35.5. The number of piperidine rings is 1. The lowest BCUT2D eigenvalue weighted by Crippen LogP contribution is -2.65. The fraction of sp³-hybridized carbons (Fsp3) is 0.636. The van der Waals surface area contributed by atoms with Gasteiger partial charge in [0.25, 0.3) is 0 Å². The highest BCUT2D eigenvalue weighted by Crippen LogP contribution is 2.41. The molecule has 2 fully saturated rings. The fourth-order valence-corrected chi connectivity index (χ4v) is 4.33. The van der Waals surface area contributed by atoms with Crippen molar-refractivity contribution in [1.29, 1.82) is 0 Å². The largest absolute Gasteiger partial charge is 0.494 e. The Morgan fingerprint density at radius 3 is 2.60 bits per heavy atom. The number of likely N-dealkylation sites (tertiary alicyclic amines) is 1. The van der Waals surface area contributed by atoms with Crippen molar-refractivity contribution in [1.82, 2.24) is 4.90 Å². The average molecular weight is 440 g/mol. The molecule has 0 amide bonds. The molecule has 0 aliphatic carbocycles. The molecule has 30 heavy (non-hydrogen) atoms. The van der Waals surface area contributed by atoms with Gasteiger partial charge in [-0.15, -0.1) is 0 Å². The van der Waals surface area contributed by atoms with Crippen LogP contribution in [0.5, 0.6) is 5.75 Å². The van der Waals surface area contributed by atoms with Crippen LogP contribution in [0.3, 0.4) is 0 Å². The molecule has 2 saturated heterocycles. The number of hydrogen-bond acceptors (Lipinski definition) is 7. The van der Waals surface area contributed by atoms with Crippen LogP contribution >= 0.6 is 11.6 Å². The Hall–Kier alpha value is -1.83. The van der Waals surface area contributed by atoms with E-state index in [9.17, 15) is 9.59 Å². The first-order chi connectivity index (χ1) is 14.4. The van der Waals surface area contributed by atoms with E-state index in [1.54, 1.807) is 7.11 Å². The smallest absolute Gasteiger partial charge is 0.422 e. The summed E-state index contributed by atoms with van der Waals surface area (Å²) in [5.74, 6) is -2.67. The molecule has 3 rings (SSSR count). The van der Waals surface area contributed by atoms with Gasteiger partial charge in [-0.3, -0.25) is 0 Å². The van der Waals surface area contributed by atoms with Gasteiger partial charge in [-0.25, -0.2) is 14.5 Å². The van der Waals surface area contributed by atoms with E-state index in [0.717, 1.165) is 37.0 Å². The number of unbranched alkanes of at least 4 members (excludes halogenated alkanes) is 2. The minimum atomic E-state index is -1.49. The SMILES string of the molecule is CCCCCN1CCC(CCOc2ccc(Cl)c(C)c2)C(OC)C12OC(=O)C(=O)O2. The summed E-state index contributed by atoms with van der Waals surface area (Å²) in [6, 6.07) is 5.54. The highest BCUT2D eigenvalue weighted by Gasteiger charge is 2.62. The lowest BCUT2D eigenvalue weighted by Gasteiger charge is -2.48. The van der Waals surface area contributed by atoms with E-state index in [2.05, 4.69) is 6.92 Å². The van der Waals surface area contributed by atoms with Gasteiger partial charge in [0.15, 0.2) is 6.10 Å². The van der Waals surface area contributed by atoms with Crippen LogP contribution < -0.4 is 4.74 Å². The van der Waals surface area contributed by atoms with E-state index in [1.807, 2.05) is 30.0 Å². The molecular weight excluding hydrogens is 410 g/mol. The lowest BCUT2D eigenvalue weighted by atomic mass is 9.87. The Balaban J connectivity index is 1.69. The van der Waals surface area contributed by atoms with Crippen LogP contribution in [-0.4, -0.2) is 55.7 Å². The second-order valence-electron chi connectivity index (χ2n) is 7.86. The first-order valence-corrected chi connectivity index (χ1v) is 10.9. The fourth-order valence-electron chi connectivity index (χ4n) is 4.21. The Kier molecular flexibility index (Phi) is 7.60. The predicted molar refractivity (Wildman–Crippen MR) is 111 cm³/mol. The zero-order valence-corrected chi connectivity index (χ0v) is 18.6. The van der Waals surface area contributed by atoms with Crippen molar-refractivity contribution in [2.75, 3.05) is 26.8 Å². The molecule has 166 valence electrons. The Labute approximate surface area is 182 Å². The van der Waals surface area contributed by atoms with Crippen molar-refractivity contribution >= 4 is 23.5 Å². The van der Waals surface area contributed by atoms with Gasteiger partial charge in [-0.1, -0.05) is 31.4 Å². The number of esters is 2. The number of carbonyl (C=O) groups excluding carboxylic acids is 2. The van der Waals surface area contributed by atoms with Crippen molar-refractivity contribution in [2.45, 2.75) is 58.0 Å². The number of nitrogens with zero attached hydrogens (tertiary/aromatic N) is 1. The molecule has 2 atom stereocenters. The van der Waals surface area contributed by atoms with Gasteiger partial charge in [0, 0.05) is 25.2 Å². The zero-order chi connectivity index (χ0) is 21.7. The number of aryl methyl sites for hydroxylation is 1. The number of ether oxygens (including phenoxy) is 4. The molecule has 0 bridgehead atoms. The maximum atomic E-state index is 11.9. The minimum absolute atomic E-state index is 0.00419. The maximum absolute atomic E-state index is 11.9.